The van der Waals surface area contributed by atoms with E-state index in [1.165, 1.54) is 12.8 Å². The molecule has 2 heterocycles. The van der Waals surface area contributed by atoms with Crippen LogP contribution >= 0.6 is 0 Å². The van der Waals surface area contributed by atoms with Crippen LogP contribution in [0.1, 0.15) is 26.7 Å². The van der Waals surface area contributed by atoms with E-state index in [0.29, 0.717) is 19.1 Å². The van der Waals surface area contributed by atoms with Crippen LogP contribution in [0.3, 0.4) is 0 Å². The SMILES string of the molecule is CCNCC(C)S(=O)(=O)NCC1CN2CCCC2CO1. The van der Waals surface area contributed by atoms with Crippen LogP contribution in [0.15, 0.2) is 0 Å². The van der Waals surface area contributed by atoms with Gasteiger partial charge in [0, 0.05) is 25.7 Å². The van der Waals surface area contributed by atoms with E-state index in [4.69, 9.17) is 4.74 Å². The lowest BCUT2D eigenvalue weighted by Crippen LogP contribution is -2.51. The summed E-state index contributed by atoms with van der Waals surface area (Å²) in [6.07, 6.45) is 2.41. The molecule has 20 heavy (non-hydrogen) atoms. The Morgan fingerprint density at radius 2 is 2.25 bits per heavy atom. The van der Waals surface area contributed by atoms with Gasteiger partial charge < -0.3 is 10.1 Å². The molecule has 0 aromatic carbocycles. The summed E-state index contributed by atoms with van der Waals surface area (Å²) in [4.78, 5) is 2.42. The van der Waals surface area contributed by atoms with Crippen molar-refractivity contribution in [3.8, 4) is 0 Å². The van der Waals surface area contributed by atoms with E-state index in [-0.39, 0.29) is 6.10 Å². The van der Waals surface area contributed by atoms with Crippen molar-refractivity contribution in [2.45, 2.75) is 44.1 Å². The number of ether oxygens (including phenoxy) is 1. The third-order valence-electron chi connectivity index (χ3n) is 4.19. The number of rotatable bonds is 7. The number of nitrogens with one attached hydrogen (secondary N) is 2. The van der Waals surface area contributed by atoms with E-state index < -0.39 is 15.3 Å². The molecule has 3 unspecified atom stereocenters. The lowest BCUT2D eigenvalue weighted by Gasteiger charge is -2.35. The molecule has 2 rings (SSSR count). The number of sulfonamides is 1. The van der Waals surface area contributed by atoms with Gasteiger partial charge in [0.15, 0.2) is 0 Å². The summed E-state index contributed by atoms with van der Waals surface area (Å²) < 4.78 is 32.6. The van der Waals surface area contributed by atoms with Gasteiger partial charge in [-0.1, -0.05) is 6.92 Å². The second-order valence-corrected chi connectivity index (χ2v) is 7.94. The van der Waals surface area contributed by atoms with Crippen LogP contribution in [0.25, 0.3) is 0 Å². The minimum Gasteiger partial charge on any atom is -0.374 e. The Labute approximate surface area is 122 Å². The largest absolute Gasteiger partial charge is 0.374 e. The molecule has 0 saturated carbocycles. The Balaban J connectivity index is 1.76. The maximum absolute atomic E-state index is 12.1. The van der Waals surface area contributed by atoms with Crippen LogP contribution in [0, 0.1) is 0 Å². The van der Waals surface area contributed by atoms with Gasteiger partial charge in [-0.25, -0.2) is 13.1 Å². The molecule has 0 amide bonds. The standard InChI is InChI=1S/C13H27N3O3S/c1-3-14-7-11(2)20(17,18)15-8-13-9-16-6-4-5-12(16)10-19-13/h11-15H,3-10H2,1-2H3. The minimum absolute atomic E-state index is 0.0227. The van der Waals surface area contributed by atoms with Gasteiger partial charge >= 0.3 is 0 Å². The van der Waals surface area contributed by atoms with Crippen molar-refractivity contribution in [1.82, 2.24) is 14.9 Å². The first kappa shape index (κ1) is 16.2. The zero-order chi connectivity index (χ0) is 14.6. The zero-order valence-electron chi connectivity index (χ0n) is 12.5. The average molecular weight is 305 g/mol. The molecule has 118 valence electrons. The van der Waals surface area contributed by atoms with E-state index in [2.05, 4.69) is 14.9 Å². The van der Waals surface area contributed by atoms with Gasteiger partial charge in [-0.2, -0.15) is 0 Å². The summed E-state index contributed by atoms with van der Waals surface area (Å²) in [7, 11) is -3.27. The fourth-order valence-electron chi connectivity index (χ4n) is 2.82. The molecule has 0 aromatic heterocycles. The highest BCUT2D eigenvalue weighted by molar-refractivity contribution is 7.90. The van der Waals surface area contributed by atoms with Crippen molar-refractivity contribution in [3.05, 3.63) is 0 Å². The van der Waals surface area contributed by atoms with Gasteiger partial charge in [0.2, 0.25) is 10.0 Å². The van der Waals surface area contributed by atoms with E-state index in [9.17, 15) is 8.42 Å². The maximum Gasteiger partial charge on any atom is 0.215 e. The summed E-state index contributed by atoms with van der Waals surface area (Å²) in [5.74, 6) is 0. The molecule has 7 heteroatoms. The van der Waals surface area contributed by atoms with E-state index in [0.717, 1.165) is 26.2 Å². The maximum atomic E-state index is 12.1. The summed E-state index contributed by atoms with van der Waals surface area (Å²) in [6.45, 7) is 8.02. The van der Waals surface area contributed by atoms with Gasteiger partial charge in [0.1, 0.15) is 0 Å². The molecular weight excluding hydrogens is 278 g/mol. The first-order valence-corrected chi connectivity index (χ1v) is 9.12. The molecule has 2 aliphatic heterocycles. The van der Waals surface area contributed by atoms with Crippen LogP contribution in [0.4, 0.5) is 0 Å². The summed E-state index contributed by atoms with van der Waals surface area (Å²) in [5, 5.41) is 2.64. The lowest BCUT2D eigenvalue weighted by molar-refractivity contribution is -0.0449. The van der Waals surface area contributed by atoms with Gasteiger partial charge in [-0.05, 0) is 32.9 Å². The molecule has 6 nitrogen and oxygen atoms in total. The molecule has 0 aromatic rings. The molecule has 2 aliphatic rings. The average Bonchev–Trinajstić information content (AvgIpc) is 2.90. The molecule has 2 fully saturated rings. The van der Waals surface area contributed by atoms with Crippen LogP contribution in [0.5, 0.6) is 0 Å². The Bertz CT molecular complexity index is 402. The highest BCUT2D eigenvalue weighted by Gasteiger charge is 2.33. The number of hydrogen-bond acceptors (Lipinski definition) is 5. The molecule has 3 atom stereocenters. The van der Waals surface area contributed by atoms with Crippen molar-refractivity contribution < 1.29 is 13.2 Å². The Hall–Kier alpha value is -0.210. The molecule has 0 radical (unpaired) electrons. The quantitative estimate of drug-likeness (QED) is 0.680. The monoisotopic (exact) mass is 305 g/mol. The summed E-state index contributed by atoms with van der Waals surface area (Å²) in [5.41, 5.74) is 0. The number of fused-ring (bicyclic) bond motifs is 1. The van der Waals surface area contributed by atoms with Crippen molar-refractivity contribution in [3.63, 3.8) is 0 Å². The van der Waals surface area contributed by atoms with E-state index >= 15 is 0 Å². The summed E-state index contributed by atoms with van der Waals surface area (Å²) in [6, 6.07) is 0.551. The second kappa shape index (κ2) is 7.17. The van der Waals surface area contributed by atoms with Gasteiger partial charge in [-0.15, -0.1) is 0 Å². The highest BCUT2D eigenvalue weighted by Crippen LogP contribution is 2.22. The van der Waals surface area contributed by atoms with Gasteiger partial charge in [0.05, 0.1) is 18.0 Å². The Morgan fingerprint density at radius 1 is 1.45 bits per heavy atom. The van der Waals surface area contributed by atoms with Crippen LogP contribution in [-0.2, 0) is 14.8 Å². The lowest BCUT2D eigenvalue weighted by atomic mass is 10.2. The normalized spacial score (nSPS) is 29.3. The fourth-order valence-corrected chi connectivity index (χ4v) is 3.86. The molecular formula is C13H27N3O3S. The summed E-state index contributed by atoms with van der Waals surface area (Å²) >= 11 is 0. The Morgan fingerprint density at radius 3 is 3.00 bits per heavy atom. The van der Waals surface area contributed by atoms with E-state index in [1.807, 2.05) is 6.92 Å². The van der Waals surface area contributed by atoms with Crippen LogP contribution in [0.2, 0.25) is 0 Å². The fraction of sp³-hybridized carbons (Fsp3) is 1.00. The predicted octanol–water partition coefficient (Wildman–Crippen LogP) is -0.233. The van der Waals surface area contributed by atoms with E-state index in [1.54, 1.807) is 6.92 Å². The van der Waals surface area contributed by atoms with Gasteiger partial charge in [-0.3, -0.25) is 4.90 Å². The van der Waals surface area contributed by atoms with Crippen LogP contribution in [-0.4, -0.2) is 70.0 Å². The smallest absolute Gasteiger partial charge is 0.215 e. The Kier molecular flexibility index (Phi) is 5.80. The second-order valence-electron chi connectivity index (χ2n) is 5.76. The zero-order valence-corrected chi connectivity index (χ0v) is 13.3. The topological polar surface area (TPSA) is 70.7 Å². The first-order chi connectivity index (χ1) is 9.53. The molecule has 2 N–H and O–H groups in total. The van der Waals surface area contributed by atoms with Crippen molar-refractivity contribution in [1.29, 1.82) is 0 Å². The number of morpholine rings is 1. The molecule has 0 aliphatic carbocycles. The van der Waals surface area contributed by atoms with Gasteiger partial charge in [0.25, 0.3) is 0 Å². The van der Waals surface area contributed by atoms with Crippen LogP contribution < -0.4 is 10.0 Å². The molecule has 2 saturated heterocycles. The van der Waals surface area contributed by atoms with Crippen molar-refractivity contribution in [2.24, 2.45) is 0 Å². The number of nitrogens with zero attached hydrogens (tertiary/aromatic N) is 1. The first-order valence-electron chi connectivity index (χ1n) is 7.57. The molecule has 0 bridgehead atoms. The predicted molar refractivity (Wildman–Crippen MR) is 79.3 cm³/mol. The highest BCUT2D eigenvalue weighted by atomic mass is 32.2. The van der Waals surface area contributed by atoms with Crippen molar-refractivity contribution in [2.75, 3.05) is 39.3 Å². The minimum atomic E-state index is -3.27. The van der Waals surface area contributed by atoms with Crippen molar-refractivity contribution >= 4 is 10.0 Å². The third kappa shape index (κ3) is 4.14. The number of hydrogen-bond donors (Lipinski definition) is 2. The third-order valence-corrected chi connectivity index (χ3v) is 5.98. The molecule has 0 spiro atoms.